The van der Waals surface area contributed by atoms with E-state index in [2.05, 4.69) is 5.32 Å². The molecule has 0 atom stereocenters. The molecule has 0 saturated carbocycles. The van der Waals surface area contributed by atoms with Crippen LogP contribution in [0.15, 0.2) is 36.4 Å². The molecule has 0 bridgehead atoms. The fourth-order valence-electron chi connectivity index (χ4n) is 2.60. The first-order valence-corrected chi connectivity index (χ1v) is 8.31. The second-order valence-corrected chi connectivity index (χ2v) is 5.82. The van der Waals surface area contributed by atoms with Crippen molar-refractivity contribution < 1.29 is 13.9 Å². The van der Waals surface area contributed by atoms with Gasteiger partial charge in [-0.2, -0.15) is 0 Å². The van der Waals surface area contributed by atoms with E-state index < -0.39 is 5.82 Å². The zero-order chi connectivity index (χ0) is 17.5. The Morgan fingerprint density at radius 2 is 1.96 bits per heavy atom. The fourth-order valence-corrected chi connectivity index (χ4v) is 2.82. The van der Waals surface area contributed by atoms with Crippen molar-refractivity contribution >= 4 is 17.6 Å². The van der Waals surface area contributed by atoms with Crippen molar-refractivity contribution in [1.82, 2.24) is 5.32 Å². The first-order valence-electron chi connectivity index (χ1n) is 7.93. The van der Waals surface area contributed by atoms with Gasteiger partial charge in [0.25, 0.3) is 0 Å². The van der Waals surface area contributed by atoms with Gasteiger partial charge >= 0.3 is 5.97 Å². The van der Waals surface area contributed by atoms with Crippen molar-refractivity contribution in [3.8, 4) is 11.1 Å². The Labute approximate surface area is 146 Å². The van der Waals surface area contributed by atoms with E-state index in [0.29, 0.717) is 12.1 Å². The van der Waals surface area contributed by atoms with Gasteiger partial charge in [0, 0.05) is 19.9 Å². The van der Waals surface area contributed by atoms with E-state index >= 15 is 0 Å². The minimum Gasteiger partial charge on any atom is -0.466 e. The molecular formula is C19H21ClFNO2. The second kappa shape index (κ2) is 8.81. The number of ether oxygens (including phenoxy) is 1. The van der Waals surface area contributed by atoms with Crippen molar-refractivity contribution in [3.05, 3.63) is 58.4 Å². The highest BCUT2D eigenvalue weighted by atomic mass is 35.5. The lowest BCUT2D eigenvalue weighted by atomic mass is 9.93. The van der Waals surface area contributed by atoms with Crippen LogP contribution in [0.5, 0.6) is 0 Å². The number of carbonyl (C=O) groups excluding carboxylic acids is 1. The highest BCUT2D eigenvalue weighted by Crippen LogP contribution is 2.33. The molecule has 0 aliphatic rings. The summed E-state index contributed by atoms with van der Waals surface area (Å²) in [5, 5.41) is 3.32. The summed E-state index contributed by atoms with van der Waals surface area (Å²) in [6, 6.07) is 11.4. The lowest BCUT2D eigenvalue weighted by molar-refractivity contribution is -0.140. The maximum Gasteiger partial charge on any atom is 0.302 e. The van der Waals surface area contributed by atoms with E-state index in [1.54, 1.807) is 6.07 Å². The zero-order valence-electron chi connectivity index (χ0n) is 13.9. The Bertz CT molecular complexity index is 704. The minimum atomic E-state index is -0.448. The monoisotopic (exact) mass is 349 g/mol. The molecule has 0 fully saturated rings. The molecule has 0 saturated heterocycles. The summed E-state index contributed by atoms with van der Waals surface area (Å²) < 4.78 is 19.6. The first-order chi connectivity index (χ1) is 11.5. The van der Waals surface area contributed by atoms with Crippen LogP contribution in [0.25, 0.3) is 11.1 Å². The standard InChI is InChI=1S/C19H21ClFNO2/c1-3-22-12-17-15(9-10-24-13(2)23)19(21)18(20)11-16(17)14-7-5-4-6-8-14/h4-8,11,22H,3,9-10,12H2,1-2H3. The smallest absolute Gasteiger partial charge is 0.302 e. The van der Waals surface area contributed by atoms with E-state index in [9.17, 15) is 9.18 Å². The number of nitrogens with one attached hydrogen (secondary N) is 1. The molecule has 0 heterocycles. The van der Waals surface area contributed by atoms with E-state index in [-0.39, 0.29) is 24.0 Å². The third kappa shape index (κ3) is 4.56. The Kier molecular flexibility index (Phi) is 6.76. The van der Waals surface area contributed by atoms with E-state index in [0.717, 1.165) is 23.2 Å². The molecular weight excluding hydrogens is 329 g/mol. The largest absolute Gasteiger partial charge is 0.466 e. The molecule has 24 heavy (non-hydrogen) atoms. The molecule has 0 aliphatic carbocycles. The predicted octanol–water partition coefficient (Wildman–Crippen LogP) is 4.36. The SMILES string of the molecule is CCNCc1c(-c2ccccc2)cc(Cl)c(F)c1CCOC(C)=O. The molecule has 128 valence electrons. The Morgan fingerprint density at radius 1 is 1.25 bits per heavy atom. The Balaban J connectivity index is 2.49. The van der Waals surface area contributed by atoms with Gasteiger partial charge in [-0.05, 0) is 34.9 Å². The molecule has 2 aromatic carbocycles. The van der Waals surface area contributed by atoms with Gasteiger partial charge in [0.15, 0.2) is 0 Å². The number of halogens is 2. The van der Waals surface area contributed by atoms with Crippen LogP contribution in [-0.4, -0.2) is 19.1 Å². The summed E-state index contributed by atoms with van der Waals surface area (Å²) in [7, 11) is 0. The Hall–Kier alpha value is -1.91. The van der Waals surface area contributed by atoms with Crippen molar-refractivity contribution in [2.75, 3.05) is 13.2 Å². The van der Waals surface area contributed by atoms with Crippen LogP contribution in [0, 0.1) is 5.82 Å². The summed E-state index contributed by atoms with van der Waals surface area (Å²) in [6.45, 7) is 4.74. The fraction of sp³-hybridized carbons (Fsp3) is 0.316. The van der Waals surface area contributed by atoms with Gasteiger partial charge in [0.2, 0.25) is 0 Å². The van der Waals surface area contributed by atoms with Gasteiger partial charge in [-0.3, -0.25) is 4.79 Å². The molecule has 1 N–H and O–H groups in total. The van der Waals surface area contributed by atoms with E-state index in [4.69, 9.17) is 16.3 Å². The summed E-state index contributed by atoms with van der Waals surface area (Å²) in [5.41, 5.74) is 3.20. The molecule has 0 radical (unpaired) electrons. The molecule has 3 nitrogen and oxygen atoms in total. The molecule has 0 unspecified atom stereocenters. The van der Waals surface area contributed by atoms with Crippen LogP contribution in [-0.2, 0) is 22.5 Å². The summed E-state index contributed by atoms with van der Waals surface area (Å²) in [6.07, 6.45) is 0.284. The molecule has 0 aromatic heterocycles. The number of benzene rings is 2. The van der Waals surface area contributed by atoms with Crippen molar-refractivity contribution in [2.24, 2.45) is 0 Å². The summed E-state index contributed by atoms with van der Waals surface area (Å²) >= 11 is 6.11. The van der Waals surface area contributed by atoms with Gasteiger partial charge < -0.3 is 10.1 Å². The third-order valence-electron chi connectivity index (χ3n) is 3.73. The lowest BCUT2D eigenvalue weighted by Gasteiger charge is -2.18. The topological polar surface area (TPSA) is 38.3 Å². The molecule has 0 amide bonds. The molecule has 2 aromatic rings. The highest BCUT2D eigenvalue weighted by Gasteiger charge is 2.18. The van der Waals surface area contributed by atoms with Crippen LogP contribution in [0.3, 0.4) is 0 Å². The summed E-state index contributed by atoms with van der Waals surface area (Å²) in [4.78, 5) is 11.0. The van der Waals surface area contributed by atoms with E-state index in [1.165, 1.54) is 6.92 Å². The second-order valence-electron chi connectivity index (χ2n) is 5.41. The number of hydrogen-bond acceptors (Lipinski definition) is 3. The molecule has 2 rings (SSSR count). The molecule has 0 aliphatic heterocycles. The maximum atomic E-state index is 14.6. The quantitative estimate of drug-likeness (QED) is 0.755. The highest BCUT2D eigenvalue weighted by molar-refractivity contribution is 6.31. The van der Waals surface area contributed by atoms with Crippen LogP contribution >= 0.6 is 11.6 Å². The lowest BCUT2D eigenvalue weighted by Crippen LogP contribution is -2.17. The average Bonchev–Trinajstić information content (AvgIpc) is 2.58. The number of rotatable bonds is 7. The van der Waals surface area contributed by atoms with Crippen molar-refractivity contribution in [2.45, 2.75) is 26.8 Å². The molecule has 5 heteroatoms. The predicted molar refractivity (Wildman–Crippen MR) is 94.6 cm³/mol. The normalized spacial score (nSPS) is 10.7. The maximum absolute atomic E-state index is 14.6. The van der Waals surface area contributed by atoms with E-state index in [1.807, 2.05) is 37.3 Å². The van der Waals surface area contributed by atoms with Crippen LogP contribution in [0.2, 0.25) is 5.02 Å². The van der Waals surface area contributed by atoms with Gasteiger partial charge in [0.1, 0.15) is 5.82 Å². The van der Waals surface area contributed by atoms with Crippen molar-refractivity contribution in [1.29, 1.82) is 0 Å². The van der Waals surface area contributed by atoms with Gasteiger partial charge in [0.05, 0.1) is 11.6 Å². The van der Waals surface area contributed by atoms with Gasteiger partial charge in [-0.25, -0.2) is 4.39 Å². The van der Waals surface area contributed by atoms with Crippen molar-refractivity contribution in [3.63, 3.8) is 0 Å². The number of carbonyl (C=O) groups is 1. The van der Waals surface area contributed by atoms with Gasteiger partial charge in [-0.1, -0.05) is 48.9 Å². The molecule has 0 spiro atoms. The number of esters is 1. The van der Waals surface area contributed by atoms with Crippen LogP contribution in [0.4, 0.5) is 4.39 Å². The van der Waals surface area contributed by atoms with Crippen LogP contribution < -0.4 is 5.32 Å². The zero-order valence-corrected chi connectivity index (χ0v) is 14.6. The average molecular weight is 350 g/mol. The van der Waals surface area contributed by atoms with Gasteiger partial charge in [-0.15, -0.1) is 0 Å². The summed E-state index contributed by atoms with van der Waals surface area (Å²) in [5.74, 6) is -0.828. The Morgan fingerprint density at radius 3 is 2.58 bits per heavy atom. The van der Waals surface area contributed by atoms with Crippen LogP contribution in [0.1, 0.15) is 25.0 Å². The first kappa shape index (κ1) is 18.4. The third-order valence-corrected chi connectivity index (χ3v) is 4.00. The number of hydrogen-bond donors (Lipinski definition) is 1. The minimum absolute atomic E-state index is 0.0759.